The van der Waals surface area contributed by atoms with Crippen LogP contribution in [0.3, 0.4) is 0 Å². The number of benzene rings is 1. The highest BCUT2D eigenvalue weighted by Crippen LogP contribution is 2.22. The average molecular weight is 319 g/mol. The van der Waals surface area contributed by atoms with Crippen molar-refractivity contribution < 1.29 is 14.3 Å². The molecule has 1 rings (SSSR count). The van der Waals surface area contributed by atoms with Crippen molar-refractivity contribution in [2.75, 3.05) is 12.3 Å². The molecule has 1 atom stereocenters. The first kappa shape index (κ1) is 14.9. The largest absolute Gasteiger partial charge is 0.396 e. The van der Waals surface area contributed by atoms with Gasteiger partial charge in [0.1, 0.15) is 5.82 Å². The van der Waals surface area contributed by atoms with Crippen LogP contribution < -0.4 is 11.1 Å². The van der Waals surface area contributed by atoms with Crippen LogP contribution in [0.1, 0.15) is 30.1 Å². The first-order valence-electron chi connectivity index (χ1n) is 5.62. The summed E-state index contributed by atoms with van der Waals surface area (Å²) in [5.74, 6) is -0.883. The number of hydrogen-bond donors (Lipinski definition) is 3. The molecule has 0 radical (unpaired) electrons. The highest BCUT2D eigenvalue weighted by Gasteiger charge is 2.12. The van der Waals surface area contributed by atoms with E-state index in [1.807, 2.05) is 0 Å². The van der Waals surface area contributed by atoms with Crippen molar-refractivity contribution in [1.29, 1.82) is 0 Å². The lowest BCUT2D eigenvalue weighted by atomic mass is 10.1. The van der Waals surface area contributed by atoms with Gasteiger partial charge >= 0.3 is 0 Å². The Morgan fingerprint density at radius 3 is 2.89 bits per heavy atom. The number of amides is 1. The maximum atomic E-state index is 13.1. The standard InChI is InChI=1S/C12H16BrFN2O2/c1-7(17)3-2-4-16-12(18)8-5-11(15)10(14)6-9(8)13/h5-7,17H,2-4,15H2,1H3,(H,16,18). The molecule has 1 amide bonds. The number of halogens is 2. The highest BCUT2D eigenvalue weighted by atomic mass is 79.9. The predicted molar refractivity (Wildman–Crippen MR) is 71.8 cm³/mol. The van der Waals surface area contributed by atoms with Crippen molar-refractivity contribution in [3.8, 4) is 0 Å². The second-order valence-electron chi connectivity index (χ2n) is 4.10. The van der Waals surface area contributed by atoms with E-state index in [1.165, 1.54) is 12.1 Å². The number of rotatable bonds is 5. The zero-order chi connectivity index (χ0) is 13.7. The Bertz CT molecular complexity index is 438. The third-order valence-corrected chi connectivity index (χ3v) is 3.07. The van der Waals surface area contributed by atoms with Crippen LogP contribution in [0.25, 0.3) is 0 Å². The quantitative estimate of drug-likeness (QED) is 0.574. The van der Waals surface area contributed by atoms with E-state index in [0.717, 1.165) is 0 Å². The minimum atomic E-state index is -0.562. The van der Waals surface area contributed by atoms with Crippen molar-refractivity contribution >= 4 is 27.5 Å². The highest BCUT2D eigenvalue weighted by molar-refractivity contribution is 9.10. The minimum absolute atomic E-state index is 0.0627. The molecule has 0 spiro atoms. The van der Waals surface area contributed by atoms with E-state index in [-0.39, 0.29) is 17.7 Å². The van der Waals surface area contributed by atoms with Gasteiger partial charge in [0.2, 0.25) is 0 Å². The smallest absolute Gasteiger partial charge is 0.252 e. The van der Waals surface area contributed by atoms with Crippen LogP contribution in [-0.2, 0) is 0 Å². The molecule has 0 fully saturated rings. The summed E-state index contributed by atoms with van der Waals surface area (Å²) in [6.07, 6.45) is 0.917. The van der Waals surface area contributed by atoms with E-state index in [1.54, 1.807) is 6.92 Å². The molecule has 4 N–H and O–H groups in total. The number of aliphatic hydroxyl groups is 1. The van der Waals surface area contributed by atoms with Gasteiger partial charge in [0.05, 0.1) is 17.4 Å². The SMILES string of the molecule is CC(O)CCCNC(=O)c1cc(N)c(F)cc1Br. The average Bonchev–Trinajstić information content (AvgIpc) is 2.28. The zero-order valence-electron chi connectivity index (χ0n) is 10.0. The number of carbonyl (C=O) groups is 1. The molecule has 0 bridgehead atoms. The molecule has 0 aliphatic rings. The maximum absolute atomic E-state index is 13.1. The van der Waals surface area contributed by atoms with Gasteiger partial charge in [-0.3, -0.25) is 4.79 Å². The number of hydrogen-bond acceptors (Lipinski definition) is 3. The maximum Gasteiger partial charge on any atom is 0.252 e. The molecule has 1 aromatic carbocycles. The summed E-state index contributed by atoms with van der Waals surface area (Å²) in [6.45, 7) is 2.15. The van der Waals surface area contributed by atoms with Gasteiger partial charge in [-0.1, -0.05) is 0 Å². The molecule has 0 aliphatic carbocycles. The van der Waals surface area contributed by atoms with Crippen LogP contribution in [0.5, 0.6) is 0 Å². The predicted octanol–water partition coefficient (Wildman–Crippen LogP) is 2.06. The summed E-state index contributed by atoms with van der Waals surface area (Å²) in [6, 6.07) is 2.46. The van der Waals surface area contributed by atoms with E-state index in [9.17, 15) is 9.18 Å². The second kappa shape index (κ2) is 6.70. The fraction of sp³-hybridized carbons (Fsp3) is 0.417. The molecule has 100 valence electrons. The number of carbonyl (C=O) groups excluding carboxylic acids is 1. The summed E-state index contributed by atoms with van der Waals surface area (Å²) in [4.78, 5) is 11.8. The van der Waals surface area contributed by atoms with Gasteiger partial charge in [0.15, 0.2) is 0 Å². The zero-order valence-corrected chi connectivity index (χ0v) is 11.6. The molecular formula is C12H16BrFN2O2. The summed E-state index contributed by atoms with van der Waals surface area (Å²) in [5, 5.41) is 11.8. The Morgan fingerprint density at radius 2 is 2.28 bits per heavy atom. The molecule has 18 heavy (non-hydrogen) atoms. The van der Waals surface area contributed by atoms with Crippen LogP contribution in [-0.4, -0.2) is 23.7 Å². The van der Waals surface area contributed by atoms with Crippen LogP contribution in [0.2, 0.25) is 0 Å². The van der Waals surface area contributed by atoms with Gasteiger partial charge in [-0.25, -0.2) is 4.39 Å². The molecular weight excluding hydrogens is 303 g/mol. The number of anilines is 1. The molecule has 0 saturated heterocycles. The van der Waals surface area contributed by atoms with Crippen molar-refractivity contribution in [3.63, 3.8) is 0 Å². The summed E-state index contributed by atoms with van der Waals surface area (Å²) >= 11 is 3.12. The number of nitrogens with two attached hydrogens (primary N) is 1. The third-order valence-electron chi connectivity index (χ3n) is 2.42. The first-order valence-corrected chi connectivity index (χ1v) is 6.42. The summed E-state index contributed by atoms with van der Waals surface area (Å²) in [5.41, 5.74) is 5.65. The number of aliphatic hydroxyl groups excluding tert-OH is 1. The van der Waals surface area contributed by atoms with Crippen molar-refractivity contribution in [3.05, 3.63) is 28.0 Å². The Labute approximate surface area is 113 Å². The van der Waals surface area contributed by atoms with E-state index < -0.39 is 5.82 Å². The molecule has 1 aromatic rings. The molecule has 4 nitrogen and oxygen atoms in total. The van der Waals surface area contributed by atoms with E-state index in [4.69, 9.17) is 10.8 Å². The molecule has 6 heteroatoms. The normalized spacial score (nSPS) is 12.2. The van der Waals surface area contributed by atoms with Crippen LogP contribution >= 0.6 is 15.9 Å². The Hall–Kier alpha value is -1.14. The van der Waals surface area contributed by atoms with Crippen LogP contribution in [0.15, 0.2) is 16.6 Å². The Morgan fingerprint density at radius 1 is 1.61 bits per heavy atom. The lowest BCUT2D eigenvalue weighted by molar-refractivity contribution is 0.0949. The van der Waals surface area contributed by atoms with E-state index in [2.05, 4.69) is 21.2 Å². The molecule has 0 aliphatic heterocycles. The minimum Gasteiger partial charge on any atom is -0.396 e. The van der Waals surface area contributed by atoms with Crippen LogP contribution in [0, 0.1) is 5.82 Å². The van der Waals surface area contributed by atoms with Gasteiger partial charge in [0.25, 0.3) is 5.91 Å². The van der Waals surface area contributed by atoms with E-state index >= 15 is 0 Å². The number of nitrogens with one attached hydrogen (secondary N) is 1. The molecule has 0 aromatic heterocycles. The Balaban J connectivity index is 2.59. The topological polar surface area (TPSA) is 75.3 Å². The monoisotopic (exact) mass is 318 g/mol. The fourth-order valence-corrected chi connectivity index (χ4v) is 1.93. The van der Waals surface area contributed by atoms with Gasteiger partial charge in [0, 0.05) is 11.0 Å². The van der Waals surface area contributed by atoms with Gasteiger partial charge in [-0.05, 0) is 47.8 Å². The van der Waals surface area contributed by atoms with Crippen molar-refractivity contribution in [1.82, 2.24) is 5.32 Å². The van der Waals surface area contributed by atoms with Crippen molar-refractivity contribution in [2.24, 2.45) is 0 Å². The third kappa shape index (κ3) is 4.27. The van der Waals surface area contributed by atoms with E-state index in [0.29, 0.717) is 29.4 Å². The lowest BCUT2D eigenvalue weighted by Crippen LogP contribution is -2.25. The van der Waals surface area contributed by atoms with Gasteiger partial charge in [-0.2, -0.15) is 0 Å². The van der Waals surface area contributed by atoms with Gasteiger partial charge < -0.3 is 16.2 Å². The van der Waals surface area contributed by atoms with Crippen molar-refractivity contribution in [2.45, 2.75) is 25.9 Å². The summed E-state index contributed by atoms with van der Waals surface area (Å²) in [7, 11) is 0. The molecule has 1 unspecified atom stereocenters. The summed E-state index contributed by atoms with van der Waals surface area (Å²) < 4.78 is 13.5. The molecule has 0 heterocycles. The van der Waals surface area contributed by atoms with Gasteiger partial charge in [-0.15, -0.1) is 0 Å². The first-order chi connectivity index (χ1) is 8.41. The van der Waals surface area contributed by atoms with Crippen LogP contribution in [0.4, 0.5) is 10.1 Å². The molecule has 0 saturated carbocycles. The Kier molecular flexibility index (Phi) is 5.55. The second-order valence-corrected chi connectivity index (χ2v) is 4.96. The fourth-order valence-electron chi connectivity index (χ4n) is 1.43. The lowest BCUT2D eigenvalue weighted by Gasteiger charge is -2.09. The number of nitrogen functional groups attached to an aromatic ring is 1.